The lowest BCUT2D eigenvalue weighted by Gasteiger charge is -2.31. The molecule has 0 unspecified atom stereocenters. The predicted octanol–water partition coefficient (Wildman–Crippen LogP) is 3.83. The fraction of sp³-hybridized carbons (Fsp3) is 1.00. The molecule has 60 valence electrons. The van der Waals surface area contributed by atoms with Gasteiger partial charge in [-0.2, -0.15) is 0 Å². The zero-order valence-corrected chi connectivity index (χ0v) is 11.6. The Morgan fingerprint density at radius 2 is 1.00 bits per heavy atom. The topological polar surface area (TPSA) is 0 Å². The first-order valence-electron chi connectivity index (χ1n) is 3.19. The van der Waals surface area contributed by atoms with E-state index in [2.05, 4.69) is 63.7 Å². The summed E-state index contributed by atoms with van der Waals surface area (Å²) in [6.45, 7) is 0. The molecule has 0 bridgehead atoms. The highest BCUT2D eigenvalue weighted by atomic mass is 79.9. The second-order valence-corrected chi connectivity index (χ2v) is 6.97. The molecule has 1 aliphatic rings. The zero-order chi connectivity index (χ0) is 7.72. The minimum absolute atomic E-state index is 0.547. The molecular formula is C6H8Br4. The van der Waals surface area contributed by atoms with Gasteiger partial charge < -0.3 is 0 Å². The fourth-order valence-corrected chi connectivity index (χ4v) is 4.31. The van der Waals surface area contributed by atoms with Gasteiger partial charge in [0.2, 0.25) is 0 Å². The van der Waals surface area contributed by atoms with Gasteiger partial charge in [0.1, 0.15) is 0 Å². The van der Waals surface area contributed by atoms with Gasteiger partial charge in [-0.3, -0.25) is 0 Å². The van der Waals surface area contributed by atoms with Crippen molar-refractivity contribution in [2.45, 2.75) is 32.2 Å². The van der Waals surface area contributed by atoms with E-state index in [0.717, 1.165) is 0 Å². The first kappa shape index (κ1) is 10.0. The van der Waals surface area contributed by atoms with Crippen molar-refractivity contribution in [3.8, 4) is 0 Å². The number of hydrogen-bond acceptors (Lipinski definition) is 0. The highest BCUT2D eigenvalue weighted by Gasteiger charge is 2.33. The summed E-state index contributed by atoms with van der Waals surface area (Å²) in [5.41, 5.74) is 0. The largest absolute Gasteiger partial charge is 0.0878 e. The van der Waals surface area contributed by atoms with Gasteiger partial charge >= 0.3 is 0 Å². The highest BCUT2D eigenvalue weighted by molar-refractivity contribution is 9.14. The van der Waals surface area contributed by atoms with E-state index in [1.54, 1.807) is 0 Å². The van der Waals surface area contributed by atoms with Gasteiger partial charge in [-0.15, -0.1) is 0 Å². The van der Waals surface area contributed by atoms with Crippen LogP contribution >= 0.6 is 63.7 Å². The van der Waals surface area contributed by atoms with Crippen molar-refractivity contribution in [2.75, 3.05) is 0 Å². The molecule has 4 atom stereocenters. The van der Waals surface area contributed by atoms with Crippen LogP contribution in [-0.4, -0.2) is 19.3 Å². The maximum absolute atomic E-state index is 3.64. The van der Waals surface area contributed by atoms with E-state index < -0.39 is 0 Å². The van der Waals surface area contributed by atoms with Crippen LogP contribution in [0.5, 0.6) is 0 Å². The average Bonchev–Trinajstić information content (AvgIpc) is 1.93. The molecule has 0 N–H and O–H groups in total. The quantitative estimate of drug-likeness (QED) is 0.543. The van der Waals surface area contributed by atoms with E-state index in [0.29, 0.717) is 19.3 Å². The molecule has 0 aromatic carbocycles. The van der Waals surface area contributed by atoms with Crippen molar-refractivity contribution in [3.05, 3.63) is 0 Å². The van der Waals surface area contributed by atoms with E-state index in [-0.39, 0.29) is 0 Å². The van der Waals surface area contributed by atoms with Crippen LogP contribution in [-0.2, 0) is 0 Å². The van der Waals surface area contributed by atoms with E-state index in [1.807, 2.05) is 0 Å². The van der Waals surface area contributed by atoms with Gasteiger partial charge in [-0.25, -0.2) is 0 Å². The maximum atomic E-state index is 3.64. The summed E-state index contributed by atoms with van der Waals surface area (Å²) < 4.78 is 0. The molecule has 1 aliphatic carbocycles. The standard InChI is InChI=1S/C6H8Br4/c7-3-1-2-4(8)6(10)5(3)9/h3-6H,1-2H2/t3-,4+,5+,6-. The summed E-state index contributed by atoms with van der Waals surface area (Å²) >= 11 is 14.5. The smallest absolute Gasteiger partial charge is 0.0407 e. The van der Waals surface area contributed by atoms with Gasteiger partial charge in [0.15, 0.2) is 0 Å². The lowest BCUT2D eigenvalue weighted by Crippen LogP contribution is -2.36. The van der Waals surface area contributed by atoms with Gasteiger partial charge in [-0.05, 0) is 12.8 Å². The molecule has 0 aromatic rings. The summed E-state index contributed by atoms with van der Waals surface area (Å²) in [4.78, 5) is 2.33. The highest BCUT2D eigenvalue weighted by Crippen LogP contribution is 2.37. The lowest BCUT2D eigenvalue weighted by atomic mass is 10.0. The summed E-state index contributed by atoms with van der Waals surface area (Å²) in [7, 11) is 0. The van der Waals surface area contributed by atoms with Gasteiger partial charge in [0.05, 0.1) is 0 Å². The molecule has 0 saturated heterocycles. The van der Waals surface area contributed by atoms with E-state index in [1.165, 1.54) is 12.8 Å². The van der Waals surface area contributed by atoms with Crippen molar-refractivity contribution >= 4 is 63.7 Å². The van der Waals surface area contributed by atoms with Crippen LogP contribution in [0.4, 0.5) is 0 Å². The van der Waals surface area contributed by atoms with Crippen molar-refractivity contribution in [1.29, 1.82) is 0 Å². The summed E-state index contributed by atoms with van der Waals surface area (Å²) in [5, 5.41) is 0. The summed E-state index contributed by atoms with van der Waals surface area (Å²) in [6, 6.07) is 0. The van der Waals surface area contributed by atoms with Crippen molar-refractivity contribution in [3.63, 3.8) is 0 Å². The Morgan fingerprint density at radius 3 is 1.30 bits per heavy atom. The fourth-order valence-electron chi connectivity index (χ4n) is 1.04. The molecule has 1 fully saturated rings. The molecule has 1 rings (SSSR count). The molecule has 0 heterocycles. The summed E-state index contributed by atoms with van der Waals surface area (Å²) in [5.74, 6) is 0. The van der Waals surface area contributed by atoms with Gasteiger partial charge in [-0.1, -0.05) is 63.7 Å². The minimum atomic E-state index is 0.547. The Bertz CT molecular complexity index is 102. The Labute approximate surface area is 95.0 Å². The molecule has 0 spiro atoms. The van der Waals surface area contributed by atoms with Gasteiger partial charge in [0, 0.05) is 19.3 Å². The summed E-state index contributed by atoms with van der Waals surface area (Å²) in [6.07, 6.45) is 2.49. The Morgan fingerprint density at radius 1 is 0.700 bits per heavy atom. The molecular weight excluding hydrogens is 392 g/mol. The molecule has 0 aromatic heterocycles. The van der Waals surface area contributed by atoms with E-state index in [4.69, 9.17) is 0 Å². The number of rotatable bonds is 0. The molecule has 1 saturated carbocycles. The van der Waals surface area contributed by atoms with Crippen LogP contribution < -0.4 is 0 Å². The monoisotopic (exact) mass is 396 g/mol. The molecule has 0 aliphatic heterocycles. The molecule has 4 heteroatoms. The third kappa shape index (κ3) is 2.20. The number of alkyl halides is 4. The van der Waals surface area contributed by atoms with Crippen LogP contribution in [0.25, 0.3) is 0 Å². The first-order valence-corrected chi connectivity index (χ1v) is 6.85. The number of hydrogen-bond donors (Lipinski definition) is 0. The second-order valence-electron chi connectivity index (χ2n) is 2.50. The number of halogens is 4. The normalized spacial score (nSPS) is 49.2. The average molecular weight is 400 g/mol. The molecule has 0 nitrogen and oxygen atoms in total. The zero-order valence-electron chi connectivity index (χ0n) is 5.24. The Balaban J connectivity index is 2.52. The third-order valence-corrected chi connectivity index (χ3v) is 8.31. The Hall–Kier alpha value is 1.92. The van der Waals surface area contributed by atoms with E-state index >= 15 is 0 Å². The van der Waals surface area contributed by atoms with Crippen LogP contribution in [0, 0.1) is 0 Å². The minimum Gasteiger partial charge on any atom is -0.0878 e. The van der Waals surface area contributed by atoms with Crippen molar-refractivity contribution < 1.29 is 0 Å². The van der Waals surface area contributed by atoms with Crippen molar-refractivity contribution in [2.24, 2.45) is 0 Å². The van der Waals surface area contributed by atoms with Gasteiger partial charge in [0.25, 0.3) is 0 Å². The maximum Gasteiger partial charge on any atom is 0.0407 e. The third-order valence-electron chi connectivity index (χ3n) is 1.71. The van der Waals surface area contributed by atoms with E-state index in [9.17, 15) is 0 Å². The van der Waals surface area contributed by atoms with Crippen LogP contribution in [0.15, 0.2) is 0 Å². The molecule has 0 radical (unpaired) electrons. The van der Waals surface area contributed by atoms with Crippen LogP contribution in [0.1, 0.15) is 12.8 Å². The first-order chi connectivity index (χ1) is 4.63. The van der Waals surface area contributed by atoms with Crippen LogP contribution in [0.2, 0.25) is 0 Å². The van der Waals surface area contributed by atoms with Crippen LogP contribution in [0.3, 0.4) is 0 Å². The lowest BCUT2D eigenvalue weighted by molar-refractivity contribution is 0.574. The SMILES string of the molecule is Br[C@@H]1[C@H](Br)[C@@H](Br)CC[C@H]1Br. The van der Waals surface area contributed by atoms with Crippen molar-refractivity contribution in [1.82, 2.24) is 0 Å². The molecule has 0 amide bonds. The Kier molecular flexibility index (Phi) is 4.24. The second kappa shape index (κ2) is 4.24. The molecule has 10 heavy (non-hydrogen) atoms. The predicted molar refractivity (Wildman–Crippen MR) is 60.1 cm³/mol.